The molecule has 0 unspecified atom stereocenters. The van der Waals surface area contributed by atoms with Crippen molar-refractivity contribution in [2.24, 2.45) is 0 Å². The highest BCUT2D eigenvalue weighted by molar-refractivity contribution is 9.10. The van der Waals surface area contributed by atoms with Gasteiger partial charge in [0.15, 0.2) is 0 Å². The fourth-order valence-corrected chi connectivity index (χ4v) is 3.88. The molecule has 0 radical (unpaired) electrons. The minimum atomic E-state index is 0.324. The van der Waals surface area contributed by atoms with Gasteiger partial charge in [0, 0.05) is 50.3 Å². The van der Waals surface area contributed by atoms with Gasteiger partial charge in [-0.25, -0.2) is 0 Å². The number of amides is 1. The molecule has 0 spiro atoms. The topological polar surface area (TPSA) is 26.8 Å². The number of benzene rings is 1. The number of rotatable bonds is 4. The zero-order chi connectivity index (χ0) is 16.1. The monoisotopic (exact) mass is 379 g/mol. The van der Waals surface area contributed by atoms with Gasteiger partial charge in [0.1, 0.15) is 0 Å². The lowest BCUT2D eigenvalue weighted by atomic mass is 10.1. The third-order valence-electron chi connectivity index (χ3n) is 4.83. The van der Waals surface area contributed by atoms with Gasteiger partial charge < -0.3 is 4.90 Å². The summed E-state index contributed by atoms with van der Waals surface area (Å²) < 4.78 is 1.14. The Kier molecular flexibility index (Phi) is 6.08. The van der Waals surface area contributed by atoms with Crippen LogP contribution in [0.15, 0.2) is 28.7 Å². The summed E-state index contributed by atoms with van der Waals surface area (Å²) in [6.45, 7) is 7.59. The first-order valence-corrected chi connectivity index (χ1v) is 9.47. The highest BCUT2D eigenvalue weighted by Crippen LogP contribution is 2.15. The molecular weight excluding hydrogens is 354 g/mol. The quantitative estimate of drug-likeness (QED) is 0.804. The third-order valence-corrected chi connectivity index (χ3v) is 5.32. The first-order chi connectivity index (χ1) is 11.2. The van der Waals surface area contributed by atoms with Crippen molar-refractivity contribution in [3.8, 4) is 0 Å². The molecule has 2 aliphatic rings. The van der Waals surface area contributed by atoms with Crippen LogP contribution in [0.1, 0.15) is 24.8 Å². The van der Waals surface area contributed by atoms with Gasteiger partial charge in [0.2, 0.25) is 5.91 Å². The van der Waals surface area contributed by atoms with Gasteiger partial charge in [0.05, 0.1) is 6.54 Å². The predicted molar refractivity (Wildman–Crippen MR) is 96.3 cm³/mol. The van der Waals surface area contributed by atoms with Crippen molar-refractivity contribution in [3.05, 3.63) is 34.3 Å². The summed E-state index contributed by atoms with van der Waals surface area (Å²) in [5.41, 5.74) is 1.34. The van der Waals surface area contributed by atoms with E-state index in [0.29, 0.717) is 12.5 Å². The number of hydrogen-bond acceptors (Lipinski definition) is 3. The Bertz CT molecular complexity index is 523. The highest BCUT2D eigenvalue weighted by Gasteiger charge is 2.22. The van der Waals surface area contributed by atoms with Crippen molar-refractivity contribution >= 4 is 21.8 Å². The normalized spacial score (nSPS) is 20.7. The molecule has 1 amide bonds. The van der Waals surface area contributed by atoms with E-state index >= 15 is 0 Å². The molecule has 2 aliphatic heterocycles. The van der Waals surface area contributed by atoms with Crippen LogP contribution in [0, 0.1) is 0 Å². The Hall–Kier alpha value is -0.910. The Morgan fingerprint density at radius 3 is 2.35 bits per heavy atom. The standard InChI is InChI=1S/C18H26BrN3O/c19-17-6-4-5-16(13-17)14-20-9-11-21(12-10-20)15-18(23)22-7-2-1-3-8-22/h4-6,13H,1-3,7-12,14-15H2. The highest BCUT2D eigenvalue weighted by atomic mass is 79.9. The molecule has 3 rings (SSSR count). The Morgan fingerprint density at radius 1 is 0.957 bits per heavy atom. The Morgan fingerprint density at radius 2 is 1.65 bits per heavy atom. The van der Waals surface area contributed by atoms with Gasteiger partial charge in [-0.1, -0.05) is 28.1 Å². The molecule has 0 aliphatic carbocycles. The molecule has 5 heteroatoms. The molecule has 4 nitrogen and oxygen atoms in total. The van der Waals surface area contributed by atoms with E-state index in [9.17, 15) is 4.79 Å². The number of halogens is 1. The molecule has 2 fully saturated rings. The van der Waals surface area contributed by atoms with Crippen LogP contribution < -0.4 is 0 Å². The van der Waals surface area contributed by atoms with Crippen LogP contribution in [0.3, 0.4) is 0 Å². The van der Waals surface area contributed by atoms with Gasteiger partial charge in [-0.05, 0) is 37.0 Å². The van der Waals surface area contributed by atoms with Crippen molar-refractivity contribution in [2.75, 3.05) is 45.8 Å². The summed E-state index contributed by atoms with van der Waals surface area (Å²) in [5.74, 6) is 0.324. The van der Waals surface area contributed by atoms with E-state index in [0.717, 1.165) is 50.3 Å². The average Bonchev–Trinajstić information content (AvgIpc) is 2.57. The number of carbonyl (C=O) groups excluding carboxylic acids is 1. The minimum absolute atomic E-state index is 0.324. The van der Waals surface area contributed by atoms with E-state index in [-0.39, 0.29) is 0 Å². The molecule has 23 heavy (non-hydrogen) atoms. The van der Waals surface area contributed by atoms with E-state index in [4.69, 9.17) is 0 Å². The molecule has 2 saturated heterocycles. The largest absolute Gasteiger partial charge is 0.342 e. The summed E-state index contributed by atoms with van der Waals surface area (Å²) in [4.78, 5) is 19.2. The molecule has 1 aromatic rings. The van der Waals surface area contributed by atoms with Gasteiger partial charge in [0.25, 0.3) is 0 Å². The molecule has 0 aromatic heterocycles. The van der Waals surface area contributed by atoms with E-state index in [2.05, 4.69) is 54.9 Å². The molecule has 0 saturated carbocycles. The number of nitrogens with zero attached hydrogens (tertiary/aromatic N) is 3. The summed E-state index contributed by atoms with van der Waals surface area (Å²) >= 11 is 3.53. The number of carbonyl (C=O) groups is 1. The minimum Gasteiger partial charge on any atom is -0.342 e. The lowest BCUT2D eigenvalue weighted by Crippen LogP contribution is -2.50. The summed E-state index contributed by atoms with van der Waals surface area (Å²) in [7, 11) is 0. The fraction of sp³-hybridized carbons (Fsp3) is 0.611. The lowest BCUT2D eigenvalue weighted by Gasteiger charge is -2.36. The van der Waals surface area contributed by atoms with Crippen molar-refractivity contribution in [3.63, 3.8) is 0 Å². The molecular formula is C18H26BrN3O. The van der Waals surface area contributed by atoms with Gasteiger partial charge >= 0.3 is 0 Å². The Labute approximate surface area is 147 Å². The van der Waals surface area contributed by atoms with Crippen LogP contribution >= 0.6 is 15.9 Å². The smallest absolute Gasteiger partial charge is 0.236 e. The van der Waals surface area contributed by atoms with Crippen molar-refractivity contribution in [1.82, 2.24) is 14.7 Å². The molecule has 1 aromatic carbocycles. The lowest BCUT2D eigenvalue weighted by molar-refractivity contribution is -0.133. The first-order valence-electron chi connectivity index (χ1n) is 8.68. The van der Waals surface area contributed by atoms with Gasteiger partial charge in [-0.2, -0.15) is 0 Å². The third kappa shape index (κ3) is 5.03. The maximum Gasteiger partial charge on any atom is 0.236 e. The molecule has 126 valence electrons. The maximum absolute atomic E-state index is 12.3. The van der Waals surface area contributed by atoms with Gasteiger partial charge in [-0.3, -0.25) is 14.6 Å². The van der Waals surface area contributed by atoms with Gasteiger partial charge in [-0.15, -0.1) is 0 Å². The zero-order valence-electron chi connectivity index (χ0n) is 13.7. The van der Waals surface area contributed by atoms with E-state index < -0.39 is 0 Å². The Balaban J connectivity index is 1.42. The fourth-order valence-electron chi connectivity index (χ4n) is 3.43. The first kappa shape index (κ1) is 16.9. The summed E-state index contributed by atoms with van der Waals surface area (Å²) in [6.07, 6.45) is 3.62. The number of piperazine rings is 1. The molecule has 0 N–H and O–H groups in total. The summed E-state index contributed by atoms with van der Waals surface area (Å²) in [5, 5.41) is 0. The number of hydrogen-bond donors (Lipinski definition) is 0. The van der Waals surface area contributed by atoms with Crippen LogP contribution in [-0.4, -0.2) is 66.4 Å². The maximum atomic E-state index is 12.3. The molecule has 0 bridgehead atoms. The molecule has 2 heterocycles. The van der Waals surface area contributed by atoms with Crippen LogP contribution in [0.4, 0.5) is 0 Å². The zero-order valence-corrected chi connectivity index (χ0v) is 15.3. The second-order valence-corrected chi connectivity index (χ2v) is 7.54. The van der Waals surface area contributed by atoms with Crippen molar-refractivity contribution in [2.45, 2.75) is 25.8 Å². The van der Waals surface area contributed by atoms with E-state index in [1.165, 1.54) is 24.8 Å². The van der Waals surface area contributed by atoms with Crippen molar-refractivity contribution in [1.29, 1.82) is 0 Å². The number of piperidine rings is 1. The average molecular weight is 380 g/mol. The van der Waals surface area contributed by atoms with Crippen LogP contribution in [0.25, 0.3) is 0 Å². The SMILES string of the molecule is O=C(CN1CCN(Cc2cccc(Br)c2)CC1)N1CCCCC1. The predicted octanol–water partition coefficient (Wildman–Crippen LogP) is 2.58. The second-order valence-electron chi connectivity index (χ2n) is 6.62. The second kappa shape index (κ2) is 8.27. The number of likely N-dealkylation sites (tertiary alicyclic amines) is 1. The van der Waals surface area contributed by atoms with E-state index in [1.807, 2.05) is 0 Å². The van der Waals surface area contributed by atoms with Crippen LogP contribution in [-0.2, 0) is 11.3 Å². The van der Waals surface area contributed by atoms with Crippen molar-refractivity contribution < 1.29 is 4.79 Å². The van der Waals surface area contributed by atoms with Crippen LogP contribution in [0.2, 0.25) is 0 Å². The molecule has 0 atom stereocenters. The summed E-state index contributed by atoms with van der Waals surface area (Å²) in [6, 6.07) is 8.52. The van der Waals surface area contributed by atoms with Crippen LogP contribution in [0.5, 0.6) is 0 Å². The van der Waals surface area contributed by atoms with E-state index in [1.54, 1.807) is 0 Å².